The minimum atomic E-state index is 0.636. The van der Waals surface area contributed by atoms with Gasteiger partial charge in [0.15, 0.2) is 0 Å². The van der Waals surface area contributed by atoms with Gasteiger partial charge in [-0.15, -0.1) is 0 Å². The van der Waals surface area contributed by atoms with Crippen molar-refractivity contribution in [2.45, 2.75) is 6.42 Å². The highest BCUT2D eigenvalue weighted by atomic mass is 16.5. The second-order valence-electron chi connectivity index (χ2n) is 4.55. The van der Waals surface area contributed by atoms with E-state index in [0.29, 0.717) is 5.56 Å². The summed E-state index contributed by atoms with van der Waals surface area (Å²) in [6.07, 6.45) is 0.723. The third-order valence-electron chi connectivity index (χ3n) is 3.19. The van der Waals surface area contributed by atoms with E-state index < -0.39 is 0 Å². The number of nitrogens with zero attached hydrogens (tertiary/aromatic N) is 2. The second kappa shape index (κ2) is 5.06. The van der Waals surface area contributed by atoms with Gasteiger partial charge in [0, 0.05) is 6.42 Å². The van der Waals surface area contributed by atoms with Crippen LogP contribution in [-0.4, -0.2) is 17.1 Å². The first-order valence-electron chi connectivity index (χ1n) is 6.30. The monoisotopic (exact) mass is 263 g/mol. The Kier molecular flexibility index (Phi) is 3.10. The minimum Gasteiger partial charge on any atom is -0.497 e. The number of methoxy groups -OCH3 is 1. The molecule has 98 valence electrons. The summed E-state index contributed by atoms with van der Waals surface area (Å²) in [6, 6.07) is 15.5. The summed E-state index contributed by atoms with van der Waals surface area (Å²) in [5.74, 6) is 1.73. The van der Waals surface area contributed by atoms with Crippen LogP contribution in [0.1, 0.15) is 17.0 Å². The number of benzene rings is 2. The number of rotatable bonds is 3. The van der Waals surface area contributed by atoms with Crippen molar-refractivity contribution in [1.82, 2.24) is 9.97 Å². The number of nitriles is 1. The Balaban J connectivity index is 1.88. The number of ether oxygens (including phenoxy) is 1. The SMILES string of the molecule is COc1ccc(Cc2nc3ccc(C#N)cc3[nH]2)cc1. The number of aromatic nitrogens is 2. The molecule has 3 rings (SSSR count). The third kappa shape index (κ3) is 2.34. The van der Waals surface area contributed by atoms with Gasteiger partial charge >= 0.3 is 0 Å². The standard InChI is InChI=1S/C16H13N3O/c1-20-13-5-2-11(3-6-13)9-16-18-14-7-4-12(10-17)8-15(14)19-16/h2-8H,9H2,1H3,(H,18,19). The molecule has 0 bridgehead atoms. The molecule has 4 heteroatoms. The summed E-state index contributed by atoms with van der Waals surface area (Å²) in [5.41, 5.74) is 3.57. The van der Waals surface area contributed by atoms with E-state index in [2.05, 4.69) is 16.0 Å². The van der Waals surface area contributed by atoms with Crippen LogP contribution in [0, 0.1) is 11.3 Å². The first kappa shape index (κ1) is 12.2. The van der Waals surface area contributed by atoms with Gasteiger partial charge < -0.3 is 9.72 Å². The van der Waals surface area contributed by atoms with Crippen molar-refractivity contribution in [1.29, 1.82) is 5.26 Å². The van der Waals surface area contributed by atoms with Crippen molar-refractivity contribution >= 4 is 11.0 Å². The lowest BCUT2D eigenvalue weighted by Gasteiger charge is -2.01. The van der Waals surface area contributed by atoms with Crippen LogP contribution in [0.4, 0.5) is 0 Å². The number of hydrogen-bond donors (Lipinski definition) is 1. The van der Waals surface area contributed by atoms with Crippen LogP contribution in [0.5, 0.6) is 5.75 Å². The first-order chi connectivity index (χ1) is 9.78. The normalized spacial score (nSPS) is 10.4. The van der Waals surface area contributed by atoms with Crippen LogP contribution in [0.15, 0.2) is 42.5 Å². The molecule has 4 nitrogen and oxygen atoms in total. The number of imidazole rings is 1. The second-order valence-corrected chi connectivity index (χ2v) is 4.55. The van der Waals surface area contributed by atoms with Crippen molar-refractivity contribution in [2.75, 3.05) is 7.11 Å². The van der Waals surface area contributed by atoms with Gasteiger partial charge in [0.25, 0.3) is 0 Å². The average molecular weight is 263 g/mol. The molecule has 1 aromatic heterocycles. The Labute approximate surface area is 116 Å². The maximum atomic E-state index is 8.89. The van der Waals surface area contributed by atoms with Crippen molar-refractivity contribution in [3.63, 3.8) is 0 Å². The summed E-state index contributed by atoms with van der Waals surface area (Å²) in [5, 5.41) is 8.89. The quantitative estimate of drug-likeness (QED) is 0.790. The highest BCUT2D eigenvalue weighted by molar-refractivity contribution is 5.76. The number of aromatic amines is 1. The molecule has 0 amide bonds. The lowest BCUT2D eigenvalue weighted by atomic mass is 10.1. The molecule has 20 heavy (non-hydrogen) atoms. The molecule has 0 radical (unpaired) electrons. The predicted octanol–water partition coefficient (Wildman–Crippen LogP) is 3.03. The lowest BCUT2D eigenvalue weighted by molar-refractivity contribution is 0.414. The molecule has 0 spiro atoms. The number of fused-ring (bicyclic) bond motifs is 1. The number of hydrogen-bond acceptors (Lipinski definition) is 3. The largest absolute Gasteiger partial charge is 0.497 e. The average Bonchev–Trinajstić information content (AvgIpc) is 2.89. The van der Waals surface area contributed by atoms with E-state index in [1.165, 1.54) is 0 Å². The molecule has 0 aliphatic carbocycles. The van der Waals surface area contributed by atoms with E-state index in [1.807, 2.05) is 36.4 Å². The third-order valence-corrected chi connectivity index (χ3v) is 3.19. The number of nitrogens with one attached hydrogen (secondary N) is 1. The van der Waals surface area contributed by atoms with Gasteiger partial charge in [-0.05, 0) is 35.9 Å². The van der Waals surface area contributed by atoms with Gasteiger partial charge in [0.2, 0.25) is 0 Å². The van der Waals surface area contributed by atoms with E-state index >= 15 is 0 Å². The molecule has 2 aromatic carbocycles. The van der Waals surface area contributed by atoms with Crippen LogP contribution >= 0.6 is 0 Å². The maximum absolute atomic E-state index is 8.89. The minimum absolute atomic E-state index is 0.636. The molecular formula is C16H13N3O. The number of H-pyrrole nitrogens is 1. The molecule has 3 aromatic rings. The molecule has 0 aliphatic rings. The highest BCUT2D eigenvalue weighted by Crippen LogP contribution is 2.17. The Bertz CT molecular complexity index is 782. The fraction of sp³-hybridized carbons (Fsp3) is 0.125. The van der Waals surface area contributed by atoms with Gasteiger partial charge in [-0.2, -0.15) is 5.26 Å². The van der Waals surface area contributed by atoms with Crippen LogP contribution in [0.3, 0.4) is 0 Å². The zero-order valence-corrected chi connectivity index (χ0v) is 11.1. The van der Waals surface area contributed by atoms with Gasteiger partial charge in [-0.3, -0.25) is 0 Å². The Hall–Kier alpha value is -2.80. The van der Waals surface area contributed by atoms with Gasteiger partial charge in [-0.25, -0.2) is 4.98 Å². The molecule has 1 N–H and O–H groups in total. The van der Waals surface area contributed by atoms with Crippen LogP contribution in [0.25, 0.3) is 11.0 Å². The molecule has 0 aliphatic heterocycles. The Morgan fingerprint density at radius 2 is 2.00 bits per heavy atom. The Morgan fingerprint density at radius 3 is 2.70 bits per heavy atom. The van der Waals surface area contributed by atoms with Crippen LogP contribution in [0.2, 0.25) is 0 Å². The first-order valence-corrected chi connectivity index (χ1v) is 6.30. The Morgan fingerprint density at radius 1 is 1.20 bits per heavy atom. The van der Waals surface area contributed by atoms with Gasteiger partial charge in [0.05, 0.1) is 29.8 Å². The van der Waals surface area contributed by atoms with Gasteiger partial charge in [0.1, 0.15) is 11.6 Å². The van der Waals surface area contributed by atoms with Gasteiger partial charge in [-0.1, -0.05) is 12.1 Å². The molecule has 0 fully saturated rings. The van der Waals surface area contributed by atoms with Crippen molar-refractivity contribution in [2.24, 2.45) is 0 Å². The summed E-state index contributed by atoms with van der Waals surface area (Å²) >= 11 is 0. The van der Waals surface area contributed by atoms with E-state index in [-0.39, 0.29) is 0 Å². The van der Waals surface area contributed by atoms with Crippen LogP contribution in [-0.2, 0) is 6.42 Å². The van der Waals surface area contributed by atoms with E-state index in [1.54, 1.807) is 13.2 Å². The smallest absolute Gasteiger partial charge is 0.118 e. The zero-order chi connectivity index (χ0) is 13.9. The molecule has 0 saturated carbocycles. The molecule has 1 heterocycles. The topological polar surface area (TPSA) is 61.7 Å². The lowest BCUT2D eigenvalue weighted by Crippen LogP contribution is -1.91. The summed E-state index contributed by atoms with van der Waals surface area (Å²) in [4.78, 5) is 7.78. The van der Waals surface area contributed by atoms with Crippen molar-refractivity contribution in [3.8, 4) is 11.8 Å². The van der Waals surface area contributed by atoms with Crippen LogP contribution < -0.4 is 4.74 Å². The maximum Gasteiger partial charge on any atom is 0.118 e. The molecule has 0 unspecified atom stereocenters. The molecule has 0 atom stereocenters. The van der Waals surface area contributed by atoms with E-state index in [0.717, 1.165) is 34.6 Å². The van der Waals surface area contributed by atoms with E-state index in [9.17, 15) is 0 Å². The molecular weight excluding hydrogens is 250 g/mol. The predicted molar refractivity (Wildman–Crippen MR) is 76.6 cm³/mol. The zero-order valence-electron chi connectivity index (χ0n) is 11.1. The fourth-order valence-corrected chi connectivity index (χ4v) is 2.15. The molecule has 0 saturated heterocycles. The van der Waals surface area contributed by atoms with Crippen molar-refractivity contribution in [3.05, 3.63) is 59.4 Å². The summed E-state index contributed by atoms with van der Waals surface area (Å²) in [6.45, 7) is 0. The fourth-order valence-electron chi connectivity index (χ4n) is 2.15. The van der Waals surface area contributed by atoms with Crippen molar-refractivity contribution < 1.29 is 4.74 Å². The summed E-state index contributed by atoms with van der Waals surface area (Å²) < 4.78 is 5.14. The highest BCUT2D eigenvalue weighted by Gasteiger charge is 2.05. The van der Waals surface area contributed by atoms with E-state index in [4.69, 9.17) is 10.00 Å². The summed E-state index contributed by atoms with van der Waals surface area (Å²) in [7, 11) is 1.65.